The van der Waals surface area contributed by atoms with Crippen molar-refractivity contribution in [2.24, 2.45) is 0 Å². The van der Waals surface area contributed by atoms with Gasteiger partial charge in [-0.05, 0) is 100.0 Å². The van der Waals surface area contributed by atoms with Gasteiger partial charge in [0.15, 0.2) is 0 Å². The number of fused-ring (bicyclic) bond motifs is 1. The third-order valence-corrected chi connectivity index (χ3v) is 6.71. The zero-order valence-corrected chi connectivity index (χ0v) is 21.6. The number of aromatic hydroxyl groups is 2. The Hall–Kier alpha value is -4.97. The predicted octanol–water partition coefficient (Wildman–Crippen LogP) is 6.88. The Morgan fingerprint density at radius 2 is 1.54 bits per heavy atom. The van der Waals surface area contributed by atoms with E-state index in [1.807, 2.05) is 30.3 Å². The summed E-state index contributed by atoms with van der Waals surface area (Å²) in [6.07, 6.45) is 1.38. The fraction of sp³-hybridized carbons (Fsp3) is 0.121. The summed E-state index contributed by atoms with van der Waals surface area (Å²) >= 11 is 0. The van der Waals surface area contributed by atoms with E-state index in [4.69, 9.17) is 4.74 Å². The van der Waals surface area contributed by atoms with E-state index < -0.39 is 0 Å². The first kappa shape index (κ1) is 25.7. The number of anilines is 1. The molecule has 6 nitrogen and oxygen atoms in total. The molecule has 0 unspecified atom stereocenters. The van der Waals surface area contributed by atoms with Gasteiger partial charge in [-0.3, -0.25) is 0 Å². The van der Waals surface area contributed by atoms with Crippen LogP contribution in [0.2, 0.25) is 0 Å². The molecule has 2 amide bonds. The Morgan fingerprint density at radius 3 is 2.31 bits per heavy atom. The van der Waals surface area contributed by atoms with E-state index in [1.54, 1.807) is 55.6 Å². The van der Waals surface area contributed by atoms with E-state index in [0.29, 0.717) is 25.1 Å². The number of phenolic OH excluding ortho intramolecular Hbond substituents is 2. The fourth-order valence-corrected chi connectivity index (χ4v) is 4.75. The summed E-state index contributed by atoms with van der Waals surface area (Å²) in [5.74, 6) is 1.19. The molecule has 4 N–H and O–H groups in total. The molecule has 0 aliphatic rings. The zero-order valence-electron chi connectivity index (χ0n) is 21.6. The number of hydrogen-bond donors (Lipinski definition) is 4. The predicted molar refractivity (Wildman–Crippen MR) is 156 cm³/mol. The van der Waals surface area contributed by atoms with E-state index in [-0.39, 0.29) is 17.5 Å². The van der Waals surface area contributed by atoms with E-state index in [9.17, 15) is 15.0 Å². The van der Waals surface area contributed by atoms with Gasteiger partial charge in [0.1, 0.15) is 17.2 Å². The maximum atomic E-state index is 12.3. The molecule has 0 aliphatic heterocycles. The summed E-state index contributed by atoms with van der Waals surface area (Å²) in [6.45, 7) is 0.498. The highest BCUT2D eigenvalue weighted by molar-refractivity contribution is 5.93. The van der Waals surface area contributed by atoms with E-state index in [0.717, 1.165) is 44.3 Å². The minimum atomic E-state index is -0.256. The lowest BCUT2D eigenvalue weighted by Gasteiger charge is -2.15. The number of nitrogens with one attached hydrogen (secondary N) is 2. The van der Waals surface area contributed by atoms with Gasteiger partial charge >= 0.3 is 6.03 Å². The molecule has 0 radical (unpaired) electrons. The van der Waals surface area contributed by atoms with Crippen LogP contribution in [-0.4, -0.2) is 29.9 Å². The van der Waals surface area contributed by atoms with Crippen LogP contribution in [0, 0.1) is 0 Å². The number of urea groups is 1. The minimum Gasteiger partial charge on any atom is -0.508 e. The van der Waals surface area contributed by atoms with Crippen LogP contribution in [0.1, 0.15) is 16.7 Å². The van der Waals surface area contributed by atoms with Gasteiger partial charge in [-0.15, -0.1) is 0 Å². The molecule has 5 aromatic carbocycles. The van der Waals surface area contributed by atoms with Gasteiger partial charge in [0.2, 0.25) is 0 Å². The molecule has 0 aliphatic carbocycles. The smallest absolute Gasteiger partial charge is 0.319 e. The van der Waals surface area contributed by atoms with E-state index in [1.165, 1.54) is 0 Å². The molecule has 0 bridgehead atoms. The molecule has 5 rings (SSSR count). The maximum Gasteiger partial charge on any atom is 0.319 e. The number of phenols is 2. The number of carbonyl (C=O) groups excluding carboxylic acids is 1. The molecule has 0 saturated heterocycles. The second-order valence-electron chi connectivity index (χ2n) is 9.40. The average molecular weight is 519 g/mol. The Kier molecular flexibility index (Phi) is 7.64. The third-order valence-electron chi connectivity index (χ3n) is 6.71. The van der Waals surface area contributed by atoms with Gasteiger partial charge in [0.25, 0.3) is 0 Å². The minimum absolute atomic E-state index is 0.227. The van der Waals surface area contributed by atoms with Crippen molar-refractivity contribution in [2.75, 3.05) is 19.0 Å². The lowest BCUT2D eigenvalue weighted by Crippen LogP contribution is -2.30. The average Bonchev–Trinajstić information content (AvgIpc) is 2.94. The van der Waals surface area contributed by atoms with Crippen molar-refractivity contribution >= 4 is 22.5 Å². The molecule has 39 heavy (non-hydrogen) atoms. The Morgan fingerprint density at radius 1 is 0.795 bits per heavy atom. The second-order valence-corrected chi connectivity index (χ2v) is 9.40. The molecule has 0 spiro atoms. The monoisotopic (exact) mass is 518 g/mol. The second kappa shape index (κ2) is 11.6. The SMILES string of the molecule is COc1ccc(NC(=O)NCCc2cccc(Cc3c(-c4ccc(O)cc4)ccc4cc(O)ccc34)c2)cc1. The Bertz CT molecular complexity index is 1600. The molecule has 196 valence electrons. The topological polar surface area (TPSA) is 90.8 Å². The first-order valence-corrected chi connectivity index (χ1v) is 12.8. The third kappa shape index (κ3) is 6.30. The van der Waals surface area contributed by atoms with Gasteiger partial charge < -0.3 is 25.6 Å². The van der Waals surface area contributed by atoms with Crippen molar-refractivity contribution in [3.05, 3.63) is 120 Å². The molecule has 6 heteroatoms. The van der Waals surface area contributed by atoms with Crippen LogP contribution < -0.4 is 15.4 Å². The lowest BCUT2D eigenvalue weighted by atomic mass is 9.89. The van der Waals surface area contributed by atoms with Crippen LogP contribution in [-0.2, 0) is 12.8 Å². The molecule has 0 saturated carbocycles. The largest absolute Gasteiger partial charge is 0.508 e. The lowest BCUT2D eigenvalue weighted by molar-refractivity contribution is 0.252. The van der Waals surface area contributed by atoms with E-state index in [2.05, 4.69) is 34.9 Å². The van der Waals surface area contributed by atoms with Crippen molar-refractivity contribution in [2.45, 2.75) is 12.8 Å². The Labute approximate surface area is 227 Å². The molecule has 0 heterocycles. The van der Waals surface area contributed by atoms with Crippen molar-refractivity contribution in [1.29, 1.82) is 0 Å². The highest BCUT2D eigenvalue weighted by Gasteiger charge is 2.12. The maximum absolute atomic E-state index is 12.3. The number of hydrogen-bond acceptors (Lipinski definition) is 4. The summed E-state index contributed by atoms with van der Waals surface area (Å²) < 4.78 is 5.15. The molecule has 5 aromatic rings. The summed E-state index contributed by atoms with van der Waals surface area (Å²) in [4.78, 5) is 12.3. The van der Waals surface area contributed by atoms with Gasteiger partial charge in [0, 0.05) is 12.2 Å². The first-order valence-electron chi connectivity index (χ1n) is 12.8. The van der Waals surface area contributed by atoms with Crippen molar-refractivity contribution in [1.82, 2.24) is 5.32 Å². The van der Waals surface area contributed by atoms with Crippen LogP contribution >= 0.6 is 0 Å². The fourth-order valence-electron chi connectivity index (χ4n) is 4.75. The quantitative estimate of drug-likeness (QED) is 0.180. The summed E-state index contributed by atoms with van der Waals surface area (Å²) in [5.41, 5.74) is 6.21. The molecular weight excluding hydrogens is 488 g/mol. The first-order chi connectivity index (χ1) is 19.0. The van der Waals surface area contributed by atoms with Gasteiger partial charge in [-0.2, -0.15) is 0 Å². The highest BCUT2D eigenvalue weighted by atomic mass is 16.5. The molecule has 0 fully saturated rings. The van der Waals surface area contributed by atoms with Gasteiger partial charge in [-0.1, -0.05) is 54.6 Å². The highest BCUT2D eigenvalue weighted by Crippen LogP contribution is 2.34. The number of rotatable bonds is 8. The van der Waals surface area contributed by atoms with Crippen LogP contribution in [0.15, 0.2) is 103 Å². The molecule has 0 atom stereocenters. The van der Waals surface area contributed by atoms with Crippen LogP contribution in [0.5, 0.6) is 17.2 Å². The van der Waals surface area contributed by atoms with Gasteiger partial charge in [-0.25, -0.2) is 4.79 Å². The number of carbonyl (C=O) groups is 1. The number of benzene rings is 5. The summed E-state index contributed by atoms with van der Waals surface area (Å²) in [5, 5.41) is 27.6. The number of methoxy groups -OCH3 is 1. The standard InChI is InChI=1S/C33H30N2O4/c1-39-29-13-8-26(9-14-29)35-33(38)34-18-17-22-3-2-4-23(19-22)20-32-30(24-5-10-27(36)11-6-24)15-7-25-21-28(37)12-16-31(25)32/h2-16,19,21,36-37H,17-18,20H2,1H3,(H2,34,35,38). The normalized spacial score (nSPS) is 10.8. The van der Waals surface area contributed by atoms with Crippen LogP contribution in [0.4, 0.5) is 10.5 Å². The summed E-state index contributed by atoms with van der Waals surface area (Å²) in [7, 11) is 1.60. The van der Waals surface area contributed by atoms with E-state index >= 15 is 0 Å². The summed E-state index contributed by atoms with van der Waals surface area (Å²) in [6, 6.07) is 32.1. The van der Waals surface area contributed by atoms with Gasteiger partial charge in [0.05, 0.1) is 7.11 Å². The number of ether oxygens (including phenoxy) is 1. The Balaban J connectivity index is 1.31. The van der Waals surface area contributed by atoms with Crippen molar-refractivity contribution in [3.63, 3.8) is 0 Å². The van der Waals surface area contributed by atoms with Crippen molar-refractivity contribution < 1.29 is 19.7 Å². The molecule has 0 aromatic heterocycles. The van der Waals surface area contributed by atoms with Crippen LogP contribution in [0.3, 0.4) is 0 Å². The van der Waals surface area contributed by atoms with Crippen molar-refractivity contribution in [3.8, 4) is 28.4 Å². The number of amides is 2. The van der Waals surface area contributed by atoms with Crippen LogP contribution in [0.25, 0.3) is 21.9 Å². The zero-order chi connectivity index (χ0) is 27.2. The molecular formula is C33H30N2O4.